The van der Waals surface area contributed by atoms with Gasteiger partial charge in [-0.3, -0.25) is 9.78 Å². The van der Waals surface area contributed by atoms with Gasteiger partial charge in [0.2, 0.25) is 0 Å². The highest BCUT2D eigenvalue weighted by atomic mass is 16.2. The van der Waals surface area contributed by atoms with E-state index in [0.717, 1.165) is 5.52 Å². The standard InChI is InChI=1S/C14H12N4O2/c19-13-10(7-15-14(20)16-13)11-6-9(8-3-4-8)12-2-1-5-18(12)17-11/h1-2,5-8H,3-4H2,(H2,15,16,19,20). The summed E-state index contributed by atoms with van der Waals surface area (Å²) in [5, 5.41) is 4.44. The van der Waals surface area contributed by atoms with Gasteiger partial charge in [-0.25, -0.2) is 9.31 Å². The zero-order chi connectivity index (χ0) is 13.7. The van der Waals surface area contributed by atoms with Gasteiger partial charge in [0.1, 0.15) is 0 Å². The maximum Gasteiger partial charge on any atom is 0.325 e. The van der Waals surface area contributed by atoms with Crippen LogP contribution in [0.4, 0.5) is 0 Å². The van der Waals surface area contributed by atoms with E-state index in [2.05, 4.69) is 15.1 Å². The molecule has 0 radical (unpaired) electrons. The normalized spacial score (nSPS) is 14.8. The molecule has 3 aromatic heterocycles. The van der Waals surface area contributed by atoms with Gasteiger partial charge in [0.05, 0.1) is 16.8 Å². The monoisotopic (exact) mass is 268 g/mol. The number of fused-ring (bicyclic) bond motifs is 1. The lowest BCUT2D eigenvalue weighted by atomic mass is 10.1. The molecular formula is C14H12N4O2. The molecule has 0 atom stereocenters. The van der Waals surface area contributed by atoms with Crippen molar-refractivity contribution in [3.63, 3.8) is 0 Å². The zero-order valence-electron chi connectivity index (χ0n) is 10.6. The molecule has 4 rings (SSSR count). The maximum atomic E-state index is 11.9. The summed E-state index contributed by atoms with van der Waals surface area (Å²) in [5.74, 6) is 0.552. The Kier molecular flexibility index (Phi) is 2.20. The smallest absolute Gasteiger partial charge is 0.313 e. The van der Waals surface area contributed by atoms with Crippen LogP contribution < -0.4 is 11.2 Å². The van der Waals surface area contributed by atoms with Crippen LogP contribution in [-0.4, -0.2) is 19.6 Å². The van der Waals surface area contributed by atoms with Crippen LogP contribution in [0.2, 0.25) is 0 Å². The summed E-state index contributed by atoms with van der Waals surface area (Å²) in [6.07, 6.45) is 5.62. The van der Waals surface area contributed by atoms with E-state index in [-0.39, 0.29) is 0 Å². The predicted molar refractivity (Wildman–Crippen MR) is 73.8 cm³/mol. The Bertz CT molecular complexity index is 915. The summed E-state index contributed by atoms with van der Waals surface area (Å²) < 4.78 is 1.79. The average molecular weight is 268 g/mol. The van der Waals surface area contributed by atoms with Crippen molar-refractivity contribution >= 4 is 5.52 Å². The summed E-state index contributed by atoms with van der Waals surface area (Å²) in [4.78, 5) is 27.7. The fourth-order valence-electron chi connectivity index (χ4n) is 2.51. The molecule has 1 fully saturated rings. The Morgan fingerprint density at radius 3 is 2.90 bits per heavy atom. The number of nitrogens with one attached hydrogen (secondary N) is 2. The van der Waals surface area contributed by atoms with Gasteiger partial charge in [-0.05, 0) is 42.5 Å². The van der Waals surface area contributed by atoms with Crippen LogP contribution in [0.5, 0.6) is 0 Å². The molecule has 6 nitrogen and oxygen atoms in total. The first kappa shape index (κ1) is 11.2. The first-order chi connectivity index (χ1) is 9.72. The van der Waals surface area contributed by atoms with E-state index in [9.17, 15) is 9.59 Å². The second kappa shape index (κ2) is 3.93. The molecule has 3 aromatic rings. The van der Waals surface area contributed by atoms with Gasteiger partial charge in [-0.15, -0.1) is 0 Å². The molecule has 100 valence electrons. The Balaban J connectivity index is 1.99. The van der Waals surface area contributed by atoms with Gasteiger partial charge < -0.3 is 4.98 Å². The molecule has 0 bridgehead atoms. The van der Waals surface area contributed by atoms with Crippen molar-refractivity contribution in [3.05, 3.63) is 57.0 Å². The summed E-state index contributed by atoms with van der Waals surface area (Å²) in [7, 11) is 0. The topological polar surface area (TPSA) is 83.0 Å². The second-order valence-electron chi connectivity index (χ2n) is 5.08. The number of aromatic amines is 2. The van der Waals surface area contributed by atoms with Crippen LogP contribution in [0.25, 0.3) is 16.8 Å². The van der Waals surface area contributed by atoms with Crippen molar-refractivity contribution in [1.29, 1.82) is 0 Å². The molecule has 1 saturated carbocycles. The minimum atomic E-state index is -0.511. The number of rotatable bonds is 2. The largest absolute Gasteiger partial charge is 0.325 e. The lowest BCUT2D eigenvalue weighted by molar-refractivity contribution is 0.919. The summed E-state index contributed by atoms with van der Waals surface area (Å²) in [5.41, 5.74) is 2.32. The Morgan fingerprint density at radius 1 is 1.30 bits per heavy atom. The number of aromatic nitrogens is 4. The lowest BCUT2D eigenvalue weighted by Gasteiger charge is -2.06. The second-order valence-corrected chi connectivity index (χ2v) is 5.08. The molecule has 0 amide bonds. The Hall–Kier alpha value is -2.63. The van der Waals surface area contributed by atoms with Gasteiger partial charge in [-0.2, -0.15) is 5.10 Å². The van der Waals surface area contributed by atoms with Gasteiger partial charge >= 0.3 is 5.69 Å². The molecule has 3 heterocycles. The number of hydrogen-bond acceptors (Lipinski definition) is 3. The van der Waals surface area contributed by atoms with Crippen molar-refractivity contribution in [2.45, 2.75) is 18.8 Å². The zero-order valence-corrected chi connectivity index (χ0v) is 10.6. The average Bonchev–Trinajstić information content (AvgIpc) is 3.15. The molecule has 0 aromatic carbocycles. The van der Waals surface area contributed by atoms with E-state index >= 15 is 0 Å². The van der Waals surface area contributed by atoms with E-state index in [1.807, 2.05) is 24.4 Å². The summed E-state index contributed by atoms with van der Waals surface area (Å²) in [6, 6.07) is 5.92. The van der Waals surface area contributed by atoms with Crippen LogP contribution in [-0.2, 0) is 0 Å². The van der Waals surface area contributed by atoms with Gasteiger partial charge in [-0.1, -0.05) is 0 Å². The highest BCUT2D eigenvalue weighted by Gasteiger charge is 2.27. The van der Waals surface area contributed by atoms with Crippen molar-refractivity contribution in [3.8, 4) is 11.3 Å². The number of hydrogen-bond donors (Lipinski definition) is 2. The van der Waals surface area contributed by atoms with Gasteiger partial charge in [0, 0.05) is 12.4 Å². The first-order valence-corrected chi connectivity index (χ1v) is 6.53. The molecule has 0 unspecified atom stereocenters. The highest BCUT2D eigenvalue weighted by molar-refractivity contribution is 5.65. The highest BCUT2D eigenvalue weighted by Crippen LogP contribution is 2.42. The molecule has 1 aliphatic rings. The SMILES string of the molecule is O=c1[nH]cc(-c2cc(C3CC3)c3cccn3n2)c(=O)[nH]1. The lowest BCUT2D eigenvalue weighted by Crippen LogP contribution is -2.23. The van der Waals surface area contributed by atoms with E-state index < -0.39 is 11.2 Å². The van der Waals surface area contributed by atoms with Crippen LogP contribution in [0.3, 0.4) is 0 Å². The summed E-state index contributed by atoms with van der Waals surface area (Å²) >= 11 is 0. The van der Waals surface area contributed by atoms with Crippen LogP contribution in [0.15, 0.2) is 40.2 Å². The van der Waals surface area contributed by atoms with E-state index in [0.29, 0.717) is 17.2 Å². The molecule has 6 heteroatoms. The molecule has 0 aliphatic heterocycles. The number of nitrogens with zero attached hydrogens (tertiary/aromatic N) is 2. The van der Waals surface area contributed by atoms with E-state index in [4.69, 9.17) is 0 Å². The third-order valence-corrected chi connectivity index (χ3v) is 3.64. The van der Waals surface area contributed by atoms with E-state index in [1.54, 1.807) is 4.52 Å². The minimum Gasteiger partial charge on any atom is -0.313 e. The molecule has 0 spiro atoms. The first-order valence-electron chi connectivity index (χ1n) is 6.53. The molecule has 0 saturated heterocycles. The molecular weight excluding hydrogens is 256 g/mol. The van der Waals surface area contributed by atoms with E-state index in [1.165, 1.54) is 24.6 Å². The maximum absolute atomic E-state index is 11.9. The van der Waals surface area contributed by atoms with Crippen LogP contribution in [0.1, 0.15) is 24.3 Å². The Morgan fingerprint density at radius 2 is 2.15 bits per heavy atom. The molecule has 2 N–H and O–H groups in total. The number of H-pyrrole nitrogens is 2. The third-order valence-electron chi connectivity index (χ3n) is 3.64. The minimum absolute atomic E-state index is 0.377. The van der Waals surface area contributed by atoms with Crippen molar-refractivity contribution in [1.82, 2.24) is 19.6 Å². The van der Waals surface area contributed by atoms with Gasteiger partial charge in [0.15, 0.2) is 0 Å². The van der Waals surface area contributed by atoms with Crippen molar-refractivity contribution in [2.75, 3.05) is 0 Å². The Labute approximate surface area is 113 Å². The fraction of sp³-hybridized carbons (Fsp3) is 0.214. The van der Waals surface area contributed by atoms with Crippen LogP contribution >= 0.6 is 0 Å². The van der Waals surface area contributed by atoms with Crippen molar-refractivity contribution < 1.29 is 0 Å². The predicted octanol–water partition coefficient (Wildman–Crippen LogP) is 1.26. The molecule has 20 heavy (non-hydrogen) atoms. The quantitative estimate of drug-likeness (QED) is 0.733. The fourth-order valence-corrected chi connectivity index (χ4v) is 2.51. The van der Waals surface area contributed by atoms with Gasteiger partial charge in [0.25, 0.3) is 5.56 Å². The molecule has 1 aliphatic carbocycles. The van der Waals surface area contributed by atoms with Crippen molar-refractivity contribution in [2.24, 2.45) is 0 Å². The van der Waals surface area contributed by atoms with Crippen LogP contribution in [0, 0.1) is 0 Å². The third kappa shape index (κ3) is 1.69. The summed E-state index contributed by atoms with van der Waals surface area (Å²) in [6.45, 7) is 0.